The van der Waals surface area contributed by atoms with Gasteiger partial charge >= 0.3 is 5.97 Å². The summed E-state index contributed by atoms with van der Waals surface area (Å²) in [6.07, 6.45) is -0.573. The summed E-state index contributed by atoms with van der Waals surface area (Å²) in [6, 6.07) is -4.83. The second-order valence-corrected chi connectivity index (χ2v) is 6.45. The number of aliphatic hydroxyl groups is 2. The Bertz CT molecular complexity index is 541. The standard InChI is InChI=1S/C16H30N4O7/c1-5-7(2)12(20-14(24)11(17)9(4)22)15(25)18-8(3)13(23)19-10(6-21)16(26)27/h7-12,21-22H,5-6,17H2,1-4H3,(H,18,25)(H,19,23)(H,20,24)(H,26,27). The van der Waals surface area contributed by atoms with Gasteiger partial charge in [0, 0.05) is 0 Å². The van der Waals surface area contributed by atoms with E-state index in [1.54, 1.807) is 13.8 Å². The van der Waals surface area contributed by atoms with Crippen LogP contribution in [0.1, 0.15) is 34.1 Å². The first-order valence-electron chi connectivity index (χ1n) is 8.64. The van der Waals surface area contributed by atoms with Crippen LogP contribution in [-0.2, 0) is 19.2 Å². The molecule has 11 nitrogen and oxygen atoms in total. The van der Waals surface area contributed by atoms with Gasteiger partial charge in [0.25, 0.3) is 0 Å². The molecule has 0 aliphatic carbocycles. The largest absolute Gasteiger partial charge is 0.480 e. The lowest BCUT2D eigenvalue weighted by Gasteiger charge is -2.27. The van der Waals surface area contributed by atoms with Crippen molar-refractivity contribution in [3.63, 3.8) is 0 Å². The molecule has 0 aromatic rings. The van der Waals surface area contributed by atoms with Crippen molar-refractivity contribution < 1.29 is 34.5 Å². The van der Waals surface area contributed by atoms with Crippen molar-refractivity contribution in [1.29, 1.82) is 0 Å². The van der Waals surface area contributed by atoms with Crippen LogP contribution in [0.5, 0.6) is 0 Å². The number of nitrogens with one attached hydrogen (secondary N) is 3. The number of aliphatic carboxylic acids is 1. The van der Waals surface area contributed by atoms with Gasteiger partial charge in [-0.05, 0) is 19.8 Å². The molecule has 0 heterocycles. The Kier molecular flexibility index (Phi) is 10.5. The first-order chi connectivity index (χ1) is 12.5. The van der Waals surface area contributed by atoms with Crippen LogP contribution in [0.15, 0.2) is 0 Å². The van der Waals surface area contributed by atoms with Gasteiger partial charge in [-0.15, -0.1) is 0 Å². The molecule has 6 unspecified atom stereocenters. The minimum absolute atomic E-state index is 0.297. The van der Waals surface area contributed by atoms with Crippen molar-refractivity contribution >= 4 is 23.7 Å². The summed E-state index contributed by atoms with van der Waals surface area (Å²) in [4.78, 5) is 47.4. The molecule has 156 valence electrons. The Morgan fingerprint density at radius 3 is 1.93 bits per heavy atom. The van der Waals surface area contributed by atoms with Crippen molar-refractivity contribution in [2.24, 2.45) is 11.7 Å². The van der Waals surface area contributed by atoms with Crippen LogP contribution in [0, 0.1) is 5.92 Å². The number of carbonyl (C=O) groups excluding carboxylic acids is 3. The average Bonchev–Trinajstić information content (AvgIpc) is 2.61. The molecule has 0 fully saturated rings. The molecule has 0 spiro atoms. The Balaban J connectivity index is 5.06. The third kappa shape index (κ3) is 7.89. The molecule has 0 aromatic heterocycles. The van der Waals surface area contributed by atoms with E-state index in [1.807, 2.05) is 0 Å². The monoisotopic (exact) mass is 390 g/mol. The van der Waals surface area contributed by atoms with Crippen molar-refractivity contribution in [2.45, 2.75) is 64.4 Å². The zero-order valence-corrected chi connectivity index (χ0v) is 15.9. The molecule has 8 N–H and O–H groups in total. The molecule has 11 heteroatoms. The van der Waals surface area contributed by atoms with E-state index in [-0.39, 0.29) is 5.92 Å². The Morgan fingerprint density at radius 1 is 0.963 bits per heavy atom. The highest BCUT2D eigenvalue weighted by Crippen LogP contribution is 2.09. The van der Waals surface area contributed by atoms with Gasteiger partial charge < -0.3 is 37.0 Å². The maximum absolute atomic E-state index is 12.5. The van der Waals surface area contributed by atoms with Crippen LogP contribution >= 0.6 is 0 Å². The summed E-state index contributed by atoms with van der Waals surface area (Å²) < 4.78 is 0. The van der Waals surface area contributed by atoms with Crippen LogP contribution < -0.4 is 21.7 Å². The fourth-order valence-corrected chi connectivity index (χ4v) is 2.02. The molecule has 0 saturated heterocycles. The number of aliphatic hydroxyl groups excluding tert-OH is 2. The minimum atomic E-state index is -1.49. The average molecular weight is 390 g/mol. The fraction of sp³-hybridized carbons (Fsp3) is 0.750. The quantitative estimate of drug-likeness (QED) is 0.198. The molecule has 0 aliphatic rings. The number of carboxylic acid groups (broad SMARTS) is 1. The van der Waals surface area contributed by atoms with Gasteiger partial charge in [-0.1, -0.05) is 20.3 Å². The zero-order chi connectivity index (χ0) is 21.3. The molecule has 0 radical (unpaired) electrons. The zero-order valence-electron chi connectivity index (χ0n) is 15.9. The molecule has 0 saturated carbocycles. The molecule has 6 atom stereocenters. The minimum Gasteiger partial charge on any atom is -0.480 e. The predicted molar refractivity (Wildman–Crippen MR) is 95.3 cm³/mol. The highest BCUT2D eigenvalue weighted by Gasteiger charge is 2.31. The number of hydrogen-bond acceptors (Lipinski definition) is 7. The Morgan fingerprint density at radius 2 is 1.52 bits per heavy atom. The number of nitrogens with two attached hydrogens (primary N) is 1. The number of hydrogen-bond donors (Lipinski definition) is 7. The summed E-state index contributed by atoms with van der Waals surface area (Å²) in [5, 5.41) is 34.1. The van der Waals surface area contributed by atoms with E-state index in [0.29, 0.717) is 6.42 Å². The molecular formula is C16H30N4O7. The lowest BCUT2D eigenvalue weighted by atomic mass is 9.97. The third-order valence-corrected chi connectivity index (χ3v) is 4.16. The van der Waals surface area contributed by atoms with Crippen LogP contribution in [0.3, 0.4) is 0 Å². The van der Waals surface area contributed by atoms with E-state index in [2.05, 4.69) is 16.0 Å². The predicted octanol–water partition coefficient (Wildman–Crippen LogP) is -2.71. The van der Waals surface area contributed by atoms with Gasteiger partial charge in [-0.2, -0.15) is 0 Å². The number of amides is 3. The maximum atomic E-state index is 12.5. The van der Waals surface area contributed by atoms with Crippen molar-refractivity contribution in [1.82, 2.24) is 16.0 Å². The summed E-state index contributed by atoms with van der Waals surface area (Å²) in [6.45, 7) is 5.40. The van der Waals surface area contributed by atoms with Gasteiger partial charge in [0.05, 0.1) is 12.7 Å². The fourth-order valence-electron chi connectivity index (χ4n) is 2.02. The van der Waals surface area contributed by atoms with Crippen LogP contribution in [0.4, 0.5) is 0 Å². The second kappa shape index (κ2) is 11.5. The van der Waals surface area contributed by atoms with E-state index in [9.17, 15) is 24.3 Å². The molecule has 27 heavy (non-hydrogen) atoms. The summed E-state index contributed by atoms with van der Waals surface area (Å²) in [7, 11) is 0. The van der Waals surface area contributed by atoms with Crippen molar-refractivity contribution in [2.75, 3.05) is 6.61 Å². The molecule has 0 aromatic carbocycles. The summed E-state index contributed by atoms with van der Waals surface area (Å²) >= 11 is 0. The molecule has 0 bridgehead atoms. The normalized spacial score (nSPS) is 17.6. The third-order valence-electron chi connectivity index (χ3n) is 4.16. The second-order valence-electron chi connectivity index (χ2n) is 6.45. The topological polar surface area (TPSA) is 191 Å². The number of carbonyl (C=O) groups is 4. The molecule has 0 rings (SSSR count). The van der Waals surface area contributed by atoms with E-state index >= 15 is 0 Å². The van der Waals surface area contributed by atoms with Gasteiger partial charge in [0.15, 0.2) is 0 Å². The lowest BCUT2D eigenvalue weighted by molar-refractivity contribution is -0.143. The van der Waals surface area contributed by atoms with Crippen LogP contribution in [0.25, 0.3) is 0 Å². The number of rotatable bonds is 11. The molecule has 3 amide bonds. The molecular weight excluding hydrogens is 360 g/mol. The van der Waals surface area contributed by atoms with E-state index in [4.69, 9.17) is 15.9 Å². The van der Waals surface area contributed by atoms with Crippen molar-refractivity contribution in [3.8, 4) is 0 Å². The molecule has 0 aliphatic heterocycles. The highest BCUT2D eigenvalue weighted by atomic mass is 16.4. The lowest BCUT2D eigenvalue weighted by Crippen LogP contribution is -2.59. The summed E-state index contributed by atoms with van der Waals surface area (Å²) in [5.74, 6) is -3.89. The number of carboxylic acids is 1. The Labute approximate surface area is 157 Å². The van der Waals surface area contributed by atoms with E-state index in [1.165, 1.54) is 13.8 Å². The van der Waals surface area contributed by atoms with Crippen molar-refractivity contribution in [3.05, 3.63) is 0 Å². The van der Waals surface area contributed by atoms with Crippen LogP contribution in [-0.4, -0.2) is 75.9 Å². The van der Waals surface area contributed by atoms with Crippen LogP contribution in [0.2, 0.25) is 0 Å². The SMILES string of the molecule is CCC(C)C(NC(=O)C(N)C(C)O)C(=O)NC(C)C(=O)NC(CO)C(=O)O. The Hall–Kier alpha value is -2.24. The smallest absolute Gasteiger partial charge is 0.328 e. The first-order valence-corrected chi connectivity index (χ1v) is 8.64. The van der Waals surface area contributed by atoms with Gasteiger partial charge in [0.1, 0.15) is 24.2 Å². The van der Waals surface area contributed by atoms with E-state index < -0.39 is 60.6 Å². The maximum Gasteiger partial charge on any atom is 0.328 e. The van der Waals surface area contributed by atoms with Gasteiger partial charge in [0.2, 0.25) is 17.7 Å². The van der Waals surface area contributed by atoms with Gasteiger partial charge in [-0.3, -0.25) is 14.4 Å². The van der Waals surface area contributed by atoms with Gasteiger partial charge in [-0.25, -0.2) is 4.79 Å². The highest BCUT2D eigenvalue weighted by molar-refractivity contribution is 5.94. The summed E-state index contributed by atoms with van der Waals surface area (Å²) in [5.41, 5.74) is 5.56. The first kappa shape index (κ1) is 24.8. The van der Waals surface area contributed by atoms with E-state index in [0.717, 1.165) is 0 Å².